The van der Waals surface area contributed by atoms with Crippen LogP contribution in [0.4, 0.5) is 0 Å². The molecule has 1 aromatic rings. The smallest absolute Gasteiger partial charge is 0.328 e. The maximum atomic E-state index is 11.1. The number of rotatable bonds is 3. The molecule has 5 nitrogen and oxygen atoms in total. The van der Waals surface area contributed by atoms with E-state index in [1.165, 1.54) is 24.4 Å². The quantitative estimate of drug-likeness (QED) is 0.740. The van der Waals surface area contributed by atoms with E-state index in [0.29, 0.717) is 5.69 Å². The molecule has 0 saturated heterocycles. The number of carboxylic acid groups (broad SMARTS) is 1. The molecule has 0 fully saturated rings. The highest BCUT2D eigenvalue weighted by atomic mass is 32.2. The van der Waals surface area contributed by atoms with Crippen LogP contribution in [0.2, 0.25) is 0 Å². The van der Waals surface area contributed by atoms with Crippen LogP contribution in [-0.4, -0.2) is 29.7 Å². The molecule has 14 heavy (non-hydrogen) atoms. The van der Waals surface area contributed by atoms with Gasteiger partial charge in [-0.15, -0.1) is 0 Å². The Morgan fingerprint density at radius 1 is 1.57 bits per heavy atom. The van der Waals surface area contributed by atoms with Gasteiger partial charge in [0.05, 0.1) is 11.9 Å². The summed E-state index contributed by atoms with van der Waals surface area (Å²) < 4.78 is 23.3. The normalized spacial score (nSPS) is 12.1. The third kappa shape index (κ3) is 2.46. The average molecular weight is 215 g/mol. The molecular formula is C8H9NO4S. The van der Waals surface area contributed by atoms with Crippen LogP contribution in [0.5, 0.6) is 0 Å². The van der Waals surface area contributed by atoms with Gasteiger partial charge in [-0.2, -0.15) is 0 Å². The molecule has 0 radical (unpaired) electrons. The number of carbonyl (C=O) groups is 1. The lowest BCUT2D eigenvalue weighted by Gasteiger charge is -2.01. The fraction of sp³-hybridized carbons (Fsp3) is 0.125. The SMILES string of the molecule is CS(=O)(=O)n1cccc1/C=C/C(=O)O. The van der Waals surface area contributed by atoms with Crippen LogP contribution in [0.1, 0.15) is 5.69 Å². The van der Waals surface area contributed by atoms with Gasteiger partial charge in [-0.25, -0.2) is 17.2 Å². The van der Waals surface area contributed by atoms with Gasteiger partial charge < -0.3 is 5.11 Å². The summed E-state index contributed by atoms with van der Waals surface area (Å²) in [5.74, 6) is -1.12. The lowest BCUT2D eigenvalue weighted by molar-refractivity contribution is -0.131. The molecule has 0 bridgehead atoms. The lowest BCUT2D eigenvalue weighted by atomic mass is 10.4. The van der Waals surface area contributed by atoms with E-state index in [-0.39, 0.29) is 0 Å². The molecule has 0 atom stereocenters. The fourth-order valence-electron chi connectivity index (χ4n) is 0.967. The van der Waals surface area contributed by atoms with Crippen LogP contribution in [-0.2, 0) is 14.8 Å². The van der Waals surface area contributed by atoms with Crippen molar-refractivity contribution in [2.75, 3.05) is 6.26 Å². The minimum atomic E-state index is -3.37. The summed E-state index contributed by atoms with van der Waals surface area (Å²) in [7, 11) is -3.37. The zero-order chi connectivity index (χ0) is 10.8. The van der Waals surface area contributed by atoms with Gasteiger partial charge in [0, 0.05) is 12.3 Å². The Morgan fingerprint density at radius 3 is 2.71 bits per heavy atom. The predicted octanol–water partition coefficient (Wildman–Crippen LogP) is 0.394. The summed E-state index contributed by atoms with van der Waals surface area (Å²) in [6.45, 7) is 0. The molecule has 0 amide bonds. The molecule has 0 aromatic carbocycles. The molecule has 0 saturated carbocycles. The summed E-state index contributed by atoms with van der Waals surface area (Å²) in [6, 6.07) is 3.04. The van der Waals surface area contributed by atoms with Gasteiger partial charge in [-0.3, -0.25) is 0 Å². The summed E-state index contributed by atoms with van der Waals surface area (Å²) in [6.07, 6.45) is 4.52. The molecule has 0 aliphatic carbocycles. The fourth-order valence-corrected chi connectivity index (χ4v) is 1.76. The molecule has 1 N–H and O–H groups in total. The van der Waals surface area contributed by atoms with Crippen molar-refractivity contribution >= 4 is 22.1 Å². The van der Waals surface area contributed by atoms with Crippen LogP contribution < -0.4 is 0 Å². The number of carboxylic acids is 1. The van der Waals surface area contributed by atoms with Crippen molar-refractivity contribution in [1.29, 1.82) is 0 Å². The van der Waals surface area contributed by atoms with Crippen LogP contribution in [0.3, 0.4) is 0 Å². The van der Waals surface area contributed by atoms with Crippen LogP contribution in [0.15, 0.2) is 24.4 Å². The average Bonchev–Trinajstić information content (AvgIpc) is 2.46. The highest BCUT2D eigenvalue weighted by Crippen LogP contribution is 2.07. The number of aliphatic carboxylic acids is 1. The Kier molecular flexibility index (Phi) is 2.76. The van der Waals surface area contributed by atoms with Crippen molar-refractivity contribution in [1.82, 2.24) is 3.97 Å². The Hall–Kier alpha value is -1.56. The van der Waals surface area contributed by atoms with E-state index < -0.39 is 16.0 Å². The molecule has 0 aliphatic rings. The van der Waals surface area contributed by atoms with Crippen molar-refractivity contribution in [2.24, 2.45) is 0 Å². The molecule has 1 heterocycles. The Balaban J connectivity index is 3.12. The standard InChI is InChI=1S/C8H9NO4S/c1-14(12,13)9-6-2-3-7(9)4-5-8(10)11/h2-6H,1H3,(H,10,11)/b5-4+. The Bertz CT molecular complexity index is 469. The first kappa shape index (κ1) is 10.5. The van der Waals surface area contributed by atoms with Crippen molar-refractivity contribution in [3.8, 4) is 0 Å². The van der Waals surface area contributed by atoms with Crippen molar-refractivity contribution in [2.45, 2.75) is 0 Å². The van der Waals surface area contributed by atoms with Crippen LogP contribution in [0, 0.1) is 0 Å². The van der Waals surface area contributed by atoms with Crippen molar-refractivity contribution in [3.63, 3.8) is 0 Å². The Labute approximate surface area is 81.3 Å². The third-order valence-corrected chi connectivity index (χ3v) is 2.54. The first-order valence-electron chi connectivity index (χ1n) is 3.70. The molecule has 0 spiro atoms. The van der Waals surface area contributed by atoms with Gasteiger partial charge in [-0.05, 0) is 18.2 Å². The minimum Gasteiger partial charge on any atom is -0.478 e. The number of hydrogen-bond acceptors (Lipinski definition) is 3. The Morgan fingerprint density at radius 2 is 2.21 bits per heavy atom. The van der Waals surface area contributed by atoms with E-state index >= 15 is 0 Å². The summed E-state index contributed by atoms with van der Waals surface area (Å²) in [4.78, 5) is 10.2. The van der Waals surface area contributed by atoms with E-state index in [0.717, 1.165) is 16.3 Å². The predicted molar refractivity (Wildman–Crippen MR) is 51.3 cm³/mol. The molecule has 1 rings (SSSR count). The van der Waals surface area contributed by atoms with Crippen molar-refractivity contribution in [3.05, 3.63) is 30.1 Å². The van der Waals surface area contributed by atoms with E-state index in [1.807, 2.05) is 0 Å². The monoisotopic (exact) mass is 215 g/mol. The van der Waals surface area contributed by atoms with Crippen molar-refractivity contribution < 1.29 is 18.3 Å². The molecule has 6 heteroatoms. The summed E-state index contributed by atoms with van der Waals surface area (Å²) >= 11 is 0. The summed E-state index contributed by atoms with van der Waals surface area (Å²) in [5.41, 5.74) is 0.315. The number of nitrogens with zero attached hydrogens (tertiary/aromatic N) is 1. The van der Waals surface area contributed by atoms with E-state index in [2.05, 4.69) is 0 Å². The zero-order valence-corrected chi connectivity index (χ0v) is 8.23. The molecule has 0 unspecified atom stereocenters. The first-order chi connectivity index (χ1) is 6.41. The minimum absolute atomic E-state index is 0.315. The van der Waals surface area contributed by atoms with Gasteiger partial charge in [0.1, 0.15) is 0 Å². The maximum absolute atomic E-state index is 11.1. The van der Waals surface area contributed by atoms with Crippen LogP contribution >= 0.6 is 0 Å². The zero-order valence-electron chi connectivity index (χ0n) is 7.41. The maximum Gasteiger partial charge on any atom is 0.328 e. The molecular weight excluding hydrogens is 206 g/mol. The van der Waals surface area contributed by atoms with Crippen LogP contribution in [0.25, 0.3) is 6.08 Å². The van der Waals surface area contributed by atoms with E-state index in [9.17, 15) is 13.2 Å². The van der Waals surface area contributed by atoms with Gasteiger partial charge in [0.15, 0.2) is 0 Å². The van der Waals surface area contributed by atoms with Gasteiger partial charge in [0.2, 0.25) is 10.0 Å². The second-order valence-corrected chi connectivity index (χ2v) is 4.52. The second kappa shape index (κ2) is 3.67. The largest absolute Gasteiger partial charge is 0.478 e. The number of aromatic nitrogens is 1. The highest BCUT2D eigenvalue weighted by molar-refractivity contribution is 7.89. The third-order valence-electron chi connectivity index (χ3n) is 1.50. The lowest BCUT2D eigenvalue weighted by Crippen LogP contribution is -2.10. The number of hydrogen-bond donors (Lipinski definition) is 1. The van der Waals surface area contributed by atoms with E-state index in [1.54, 1.807) is 0 Å². The van der Waals surface area contributed by atoms with Gasteiger partial charge >= 0.3 is 5.97 Å². The summed E-state index contributed by atoms with van der Waals surface area (Å²) in [5, 5.41) is 8.36. The second-order valence-electron chi connectivity index (χ2n) is 2.66. The van der Waals surface area contributed by atoms with Gasteiger partial charge in [0.25, 0.3) is 0 Å². The van der Waals surface area contributed by atoms with E-state index in [4.69, 9.17) is 5.11 Å². The molecule has 76 valence electrons. The first-order valence-corrected chi connectivity index (χ1v) is 5.55. The highest BCUT2D eigenvalue weighted by Gasteiger charge is 2.07. The topological polar surface area (TPSA) is 76.4 Å². The van der Waals surface area contributed by atoms with Gasteiger partial charge in [-0.1, -0.05) is 0 Å². The molecule has 0 aliphatic heterocycles. The molecule has 1 aromatic heterocycles.